The van der Waals surface area contributed by atoms with Gasteiger partial charge in [-0.05, 0) is 30.2 Å². The fraction of sp³-hybridized carbons (Fsp3) is 0.200. The van der Waals surface area contributed by atoms with Crippen LogP contribution in [0, 0.1) is 0 Å². The molecule has 0 saturated carbocycles. The lowest BCUT2D eigenvalue weighted by molar-refractivity contribution is -0.137. The number of aromatic nitrogens is 4. The molecule has 3 aromatic heterocycles. The summed E-state index contributed by atoms with van der Waals surface area (Å²) >= 11 is 7.38. The topological polar surface area (TPSA) is 72.2 Å². The van der Waals surface area contributed by atoms with Gasteiger partial charge in [-0.2, -0.15) is 13.2 Å². The molecule has 1 N–H and O–H groups in total. The molecule has 160 valence electrons. The number of carbonyl (C=O) groups excluding carboxylic acids is 1. The van der Waals surface area contributed by atoms with E-state index in [2.05, 4.69) is 20.3 Å². The third-order valence-corrected chi connectivity index (χ3v) is 6.02. The van der Waals surface area contributed by atoms with Crippen molar-refractivity contribution in [3.8, 4) is 0 Å². The number of alkyl halides is 3. The van der Waals surface area contributed by atoms with E-state index in [1.54, 1.807) is 16.8 Å². The molecule has 1 atom stereocenters. The zero-order valence-electron chi connectivity index (χ0n) is 16.0. The van der Waals surface area contributed by atoms with Crippen molar-refractivity contribution in [1.82, 2.24) is 19.4 Å². The average molecular weight is 466 g/mol. The van der Waals surface area contributed by atoms with E-state index in [0.717, 1.165) is 17.0 Å². The van der Waals surface area contributed by atoms with E-state index in [9.17, 15) is 18.0 Å². The van der Waals surface area contributed by atoms with Crippen LogP contribution in [0.3, 0.4) is 0 Å². The molecule has 0 aliphatic carbocycles. The minimum absolute atomic E-state index is 0.121. The maximum atomic E-state index is 12.7. The molecule has 4 rings (SSSR count). The quantitative estimate of drug-likeness (QED) is 0.355. The smallest absolute Gasteiger partial charge is 0.332 e. The molecule has 3 heterocycles. The number of fused-ring (bicyclic) bond motifs is 1. The van der Waals surface area contributed by atoms with Crippen LogP contribution in [-0.4, -0.2) is 25.1 Å². The summed E-state index contributed by atoms with van der Waals surface area (Å²) in [6.45, 7) is 1.90. The molecule has 6 nitrogen and oxygen atoms in total. The number of carbonyl (C=O) groups is 1. The molecule has 0 radical (unpaired) electrons. The van der Waals surface area contributed by atoms with Gasteiger partial charge < -0.3 is 5.32 Å². The Morgan fingerprint density at radius 2 is 1.90 bits per heavy atom. The maximum absolute atomic E-state index is 12.7. The summed E-state index contributed by atoms with van der Waals surface area (Å²) in [6, 6.07) is 4.71. The monoisotopic (exact) mass is 465 g/mol. The molecule has 0 bridgehead atoms. The first-order valence-electron chi connectivity index (χ1n) is 9.12. The third-order valence-electron chi connectivity index (χ3n) is 4.60. The summed E-state index contributed by atoms with van der Waals surface area (Å²) in [6.07, 6.45) is 2.02. The summed E-state index contributed by atoms with van der Waals surface area (Å²) in [7, 11) is 0. The number of Topliss-reactive ketones (excluding diaryl/α,β-unsaturated/α-hetero) is 1. The number of ketones is 1. The number of nitrogens with zero attached hydrogens (tertiary/aromatic N) is 4. The van der Waals surface area contributed by atoms with Gasteiger partial charge in [0.1, 0.15) is 10.8 Å². The lowest BCUT2D eigenvalue weighted by Gasteiger charge is -2.08. The van der Waals surface area contributed by atoms with E-state index in [1.165, 1.54) is 35.9 Å². The van der Waals surface area contributed by atoms with Crippen molar-refractivity contribution < 1.29 is 18.0 Å². The van der Waals surface area contributed by atoms with Crippen LogP contribution >= 0.6 is 22.9 Å². The van der Waals surface area contributed by atoms with Crippen molar-refractivity contribution >= 4 is 45.2 Å². The molecule has 11 heteroatoms. The lowest BCUT2D eigenvalue weighted by Crippen LogP contribution is -2.07. The van der Waals surface area contributed by atoms with Gasteiger partial charge in [-0.15, -0.1) is 11.3 Å². The standard InChI is InChI=1S/C20H15ClF3N5OS/c1-11(6-15(30)14-10-29-17(21)8-26-18(29)9-25-14)16-7-27-19(31-16)28-13-4-2-12(3-5-13)20(22,23)24/h2-5,7-11H,6H2,1H3,(H,27,28). The van der Waals surface area contributed by atoms with Crippen molar-refractivity contribution in [2.24, 2.45) is 0 Å². The van der Waals surface area contributed by atoms with E-state index >= 15 is 0 Å². The Morgan fingerprint density at radius 1 is 1.16 bits per heavy atom. The van der Waals surface area contributed by atoms with Crippen molar-refractivity contribution in [2.45, 2.75) is 25.4 Å². The fourth-order valence-corrected chi connectivity index (χ4v) is 4.00. The summed E-state index contributed by atoms with van der Waals surface area (Å²) in [4.78, 5) is 26.0. The highest BCUT2D eigenvalue weighted by molar-refractivity contribution is 7.15. The Bertz CT molecular complexity index is 1240. The molecular weight excluding hydrogens is 451 g/mol. The van der Waals surface area contributed by atoms with E-state index < -0.39 is 11.7 Å². The van der Waals surface area contributed by atoms with Gasteiger partial charge in [0.25, 0.3) is 0 Å². The van der Waals surface area contributed by atoms with Crippen molar-refractivity contribution in [3.05, 3.63) is 70.3 Å². The molecule has 31 heavy (non-hydrogen) atoms. The first-order valence-corrected chi connectivity index (χ1v) is 10.3. The highest BCUT2D eigenvalue weighted by Gasteiger charge is 2.30. The number of hydrogen-bond acceptors (Lipinski definition) is 6. The SMILES string of the molecule is CC(CC(=O)c1cn2c(Cl)cnc2cn1)c1cnc(Nc2ccc(C(F)(F)F)cc2)s1. The van der Waals surface area contributed by atoms with Crippen LogP contribution in [0.15, 0.2) is 49.1 Å². The number of imidazole rings is 1. The largest absolute Gasteiger partial charge is 0.416 e. The number of benzene rings is 1. The lowest BCUT2D eigenvalue weighted by atomic mass is 10.0. The first kappa shape index (κ1) is 21.3. The highest BCUT2D eigenvalue weighted by atomic mass is 35.5. The fourth-order valence-electron chi connectivity index (χ4n) is 2.92. The molecule has 4 aromatic rings. The molecule has 0 fully saturated rings. The van der Waals surface area contributed by atoms with Gasteiger partial charge in [-0.25, -0.2) is 15.0 Å². The van der Waals surface area contributed by atoms with Gasteiger partial charge in [-0.3, -0.25) is 9.20 Å². The minimum atomic E-state index is -4.38. The van der Waals surface area contributed by atoms with Crippen LogP contribution in [0.4, 0.5) is 24.0 Å². The zero-order chi connectivity index (χ0) is 22.2. The van der Waals surface area contributed by atoms with E-state index in [4.69, 9.17) is 11.6 Å². The summed E-state index contributed by atoms with van der Waals surface area (Å²) < 4.78 is 39.6. The molecule has 0 saturated heterocycles. The van der Waals surface area contributed by atoms with E-state index in [1.807, 2.05) is 6.92 Å². The normalized spacial score (nSPS) is 12.8. The average Bonchev–Trinajstić information content (AvgIpc) is 3.34. The number of nitrogens with one attached hydrogen (secondary N) is 1. The van der Waals surface area contributed by atoms with Gasteiger partial charge in [0, 0.05) is 29.4 Å². The van der Waals surface area contributed by atoms with Crippen LogP contribution in [0.1, 0.15) is 40.2 Å². The molecule has 0 aliphatic rings. The maximum Gasteiger partial charge on any atom is 0.416 e. The second kappa shape index (κ2) is 8.27. The van der Waals surface area contributed by atoms with Crippen LogP contribution in [0.2, 0.25) is 5.15 Å². The Hall–Kier alpha value is -2.98. The molecule has 1 unspecified atom stereocenters. The van der Waals surface area contributed by atoms with E-state index in [-0.39, 0.29) is 23.8 Å². The Kier molecular flexibility index (Phi) is 5.67. The first-order chi connectivity index (χ1) is 14.7. The van der Waals surface area contributed by atoms with Gasteiger partial charge in [0.15, 0.2) is 16.6 Å². The van der Waals surface area contributed by atoms with Gasteiger partial charge in [0.05, 0.1) is 18.0 Å². The second-order valence-corrected chi connectivity index (χ2v) is 8.33. The van der Waals surface area contributed by atoms with Crippen LogP contribution in [0.25, 0.3) is 5.65 Å². The predicted octanol–water partition coefficient (Wildman–Crippen LogP) is 5.98. The summed E-state index contributed by atoms with van der Waals surface area (Å²) in [5.41, 5.74) is 0.615. The van der Waals surface area contributed by atoms with Gasteiger partial charge in [0.2, 0.25) is 0 Å². The van der Waals surface area contributed by atoms with Crippen LogP contribution in [0.5, 0.6) is 0 Å². The van der Waals surface area contributed by atoms with E-state index in [0.29, 0.717) is 21.6 Å². The van der Waals surface area contributed by atoms with Crippen molar-refractivity contribution in [1.29, 1.82) is 0 Å². The van der Waals surface area contributed by atoms with Crippen LogP contribution in [-0.2, 0) is 6.18 Å². The molecule has 0 aliphatic heterocycles. The number of thiazole rings is 1. The summed E-state index contributed by atoms with van der Waals surface area (Å²) in [5, 5.41) is 3.90. The molecule has 1 aromatic carbocycles. The number of hydrogen-bond donors (Lipinski definition) is 1. The third kappa shape index (κ3) is 4.70. The Labute approximate surface area is 183 Å². The second-order valence-electron chi connectivity index (χ2n) is 6.88. The number of halogens is 4. The summed E-state index contributed by atoms with van der Waals surface area (Å²) in [5.74, 6) is -0.270. The van der Waals surface area contributed by atoms with Crippen molar-refractivity contribution in [3.63, 3.8) is 0 Å². The minimum Gasteiger partial charge on any atom is -0.332 e. The van der Waals surface area contributed by atoms with Crippen LogP contribution < -0.4 is 5.32 Å². The predicted molar refractivity (Wildman–Crippen MR) is 112 cm³/mol. The highest BCUT2D eigenvalue weighted by Crippen LogP contribution is 2.33. The number of rotatable bonds is 6. The zero-order valence-corrected chi connectivity index (χ0v) is 17.6. The number of anilines is 2. The van der Waals surface area contributed by atoms with Gasteiger partial charge in [-0.1, -0.05) is 18.5 Å². The molecule has 0 amide bonds. The van der Waals surface area contributed by atoms with Gasteiger partial charge >= 0.3 is 6.18 Å². The Balaban J connectivity index is 1.42. The Morgan fingerprint density at radius 3 is 2.61 bits per heavy atom. The van der Waals surface area contributed by atoms with Crippen molar-refractivity contribution in [2.75, 3.05) is 5.32 Å². The molecule has 0 spiro atoms. The molecular formula is C20H15ClF3N5OS.